The van der Waals surface area contributed by atoms with Gasteiger partial charge in [-0.05, 0) is 77.0 Å². The minimum Gasteiger partial charge on any atom is -0.462 e. The average molecular weight is 811 g/mol. The molecule has 3 unspecified atom stereocenters. The highest BCUT2D eigenvalue weighted by atomic mass is 31.2. The molecule has 5 atom stereocenters. The molecule has 0 aromatic rings. The van der Waals surface area contributed by atoms with Gasteiger partial charge in [-0.25, -0.2) is 4.57 Å². The lowest BCUT2D eigenvalue weighted by molar-refractivity contribution is -0.161. The Labute approximate surface area is 338 Å². The van der Waals surface area contributed by atoms with Crippen molar-refractivity contribution in [2.75, 3.05) is 26.4 Å². The molecule has 0 saturated carbocycles. The number of rotatable bonds is 38. The highest BCUT2D eigenvalue weighted by Crippen LogP contribution is 2.43. The molecule has 0 aromatic carbocycles. The van der Waals surface area contributed by atoms with Crippen LogP contribution in [0.25, 0.3) is 0 Å². The number of allylic oxidation sites excluding steroid dienone is 9. The van der Waals surface area contributed by atoms with Crippen LogP contribution in [-0.2, 0) is 37.4 Å². The van der Waals surface area contributed by atoms with Gasteiger partial charge in [0.1, 0.15) is 12.7 Å². The zero-order chi connectivity index (χ0) is 41.0. The Morgan fingerprint density at radius 3 is 1.84 bits per heavy atom. The van der Waals surface area contributed by atoms with Crippen molar-refractivity contribution < 1.29 is 52.5 Å². The van der Waals surface area contributed by atoms with Crippen LogP contribution in [0.15, 0.2) is 60.8 Å². The second-order valence-electron chi connectivity index (χ2n) is 14.4. The van der Waals surface area contributed by atoms with Crippen LogP contribution in [0.1, 0.15) is 155 Å². The number of aliphatic hydroxyl groups excluding tert-OH is 2. The topological polar surface area (TPSA) is 161 Å². The first kappa shape index (κ1) is 51.6. The van der Waals surface area contributed by atoms with E-state index in [-0.39, 0.29) is 19.4 Å². The summed E-state index contributed by atoms with van der Waals surface area (Å²) in [4.78, 5) is 35.0. The summed E-state index contributed by atoms with van der Waals surface area (Å²) >= 11 is 0. The summed E-state index contributed by atoms with van der Waals surface area (Å²) in [5.41, 5.74) is 0. The zero-order valence-electron chi connectivity index (χ0n) is 34.5. The van der Waals surface area contributed by atoms with E-state index in [2.05, 4.69) is 67.0 Å². The molecule has 56 heavy (non-hydrogen) atoms. The van der Waals surface area contributed by atoms with Crippen LogP contribution in [0.4, 0.5) is 0 Å². The summed E-state index contributed by atoms with van der Waals surface area (Å²) < 4.78 is 38.4. The standard InChI is InChI=1S/C44H75O11P/c1-3-5-7-8-9-10-11-12-13-14-15-16-17-18-23-26-30-34-44(48)54-40(38-53-56(49,50)52-36-39(46)35-45)37-51-43(47)33-29-25-22-20-19-21-24-28-32-42-41(55-42)31-27-6-4-2/h9-10,12-13,15-16,18,23-24,28,39-42,45-46H,3-8,11,14,17,19-22,25-27,29-38H2,1-2H3,(H,49,50)/b10-9-,13-12-,16-15-,23-18-,28-24-/t39-,40+,41?,42?/m0/s1. The summed E-state index contributed by atoms with van der Waals surface area (Å²) in [7, 11) is -4.64. The van der Waals surface area contributed by atoms with Gasteiger partial charge < -0.3 is 29.3 Å². The molecule has 0 bridgehead atoms. The van der Waals surface area contributed by atoms with Crippen molar-refractivity contribution in [2.24, 2.45) is 0 Å². The predicted octanol–water partition coefficient (Wildman–Crippen LogP) is 10.1. The third kappa shape index (κ3) is 32.7. The molecule has 1 aliphatic rings. The minimum absolute atomic E-state index is 0.1000. The van der Waals surface area contributed by atoms with Crippen molar-refractivity contribution in [3.8, 4) is 0 Å². The zero-order valence-corrected chi connectivity index (χ0v) is 35.4. The summed E-state index contributed by atoms with van der Waals surface area (Å²) in [6.07, 6.45) is 40.8. The Hall–Kier alpha value is -2.37. The molecule has 1 heterocycles. The number of ether oxygens (including phenoxy) is 3. The second kappa shape index (κ2) is 35.8. The maximum absolute atomic E-state index is 12.6. The number of epoxide rings is 1. The van der Waals surface area contributed by atoms with E-state index in [4.69, 9.17) is 23.8 Å². The molecule has 1 saturated heterocycles. The van der Waals surface area contributed by atoms with Gasteiger partial charge in [-0.2, -0.15) is 0 Å². The fraction of sp³-hybridized carbons (Fsp3) is 0.727. The van der Waals surface area contributed by atoms with E-state index >= 15 is 0 Å². The van der Waals surface area contributed by atoms with Crippen LogP contribution in [-0.4, -0.2) is 77.9 Å². The number of phosphoric acid groups is 1. The van der Waals surface area contributed by atoms with E-state index in [9.17, 15) is 24.2 Å². The second-order valence-corrected chi connectivity index (χ2v) is 15.8. The lowest BCUT2D eigenvalue weighted by atomic mass is 10.1. The molecular weight excluding hydrogens is 735 g/mol. The molecular formula is C44H75O11P. The Bertz CT molecular complexity index is 1180. The molecule has 0 radical (unpaired) electrons. The van der Waals surface area contributed by atoms with Gasteiger partial charge in [-0.3, -0.25) is 18.6 Å². The van der Waals surface area contributed by atoms with Crippen LogP contribution < -0.4 is 0 Å². The molecule has 0 aliphatic carbocycles. The summed E-state index contributed by atoms with van der Waals surface area (Å²) in [6, 6.07) is 0. The molecule has 11 nitrogen and oxygen atoms in total. The summed E-state index contributed by atoms with van der Waals surface area (Å²) in [6.45, 7) is 2.22. The largest absolute Gasteiger partial charge is 0.472 e. The van der Waals surface area contributed by atoms with Gasteiger partial charge in [-0.1, -0.05) is 126 Å². The molecule has 3 N–H and O–H groups in total. The van der Waals surface area contributed by atoms with Gasteiger partial charge in [0, 0.05) is 12.8 Å². The van der Waals surface area contributed by atoms with Crippen molar-refractivity contribution in [2.45, 2.75) is 180 Å². The molecule has 1 fully saturated rings. The molecule has 0 aromatic heterocycles. The Morgan fingerprint density at radius 1 is 0.643 bits per heavy atom. The maximum atomic E-state index is 12.6. The van der Waals surface area contributed by atoms with Crippen LogP contribution in [0.5, 0.6) is 0 Å². The van der Waals surface area contributed by atoms with E-state index in [1.54, 1.807) is 0 Å². The molecule has 322 valence electrons. The smallest absolute Gasteiger partial charge is 0.462 e. The van der Waals surface area contributed by atoms with Gasteiger partial charge in [0.15, 0.2) is 6.10 Å². The molecule has 0 spiro atoms. The third-order valence-corrected chi connectivity index (χ3v) is 10.0. The highest BCUT2D eigenvalue weighted by molar-refractivity contribution is 7.47. The van der Waals surface area contributed by atoms with Gasteiger partial charge in [0.2, 0.25) is 0 Å². The maximum Gasteiger partial charge on any atom is 0.472 e. The summed E-state index contributed by atoms with van der Waals surface area (Å²) in [5.74, 6) is -1.02. The Morgan fingerprint density at radius 2 is 1.18 bits per heavy atom. The molecule has 12 heteroatoms. The lowest BCUT2D eigenvalue weighted by Gasteiger charge is -2.20. The van der Waals surface area contributed by atoms with Gasteiger partial charge >= 0.3 is 19.8 Å². The monoisotopic (exact) mass is 811 g/mol. The average Bonchev–Trinajstić information content (AvgIpc) is 3.94. The van der Waals surface area contributed by atoms with E-state index < -0.39 is 51.8 Å². The number of hydrogen-bond donors (Lipinski definition) is 3. The van der Waals surface area contributed by atoms with Crippen molar-refractivity contribution in [3.63, 3.8) is 0 Å². The third-order valence-electron chi connectivity index (χ3n) is 9.07. The number of hydrogen-bond acceptors (Lipinski definition) is 10. The number of unbranched alkanes of at least 4 members (excludes halogenated alkanes) is 11. The SMILES string of the molecule is CCCCC/C=C\C/C=C\C/C=C\C/C=C\CCCC(=O)O[C@H](COC(=O)CCCCCCC/C=C\CC1OC1CCCCC)COP(=O)(O)OC[C@@H](O)CO. The number of esters is 2. The van der Waals surface area contributed by atoms with E-state index in [0.29, 0.717) is 31.5 Å². The van der Waals surface area contributed by atoms with Crippen molar-refractivity contribution in [1.82, 2.24) is 0 Å². The quantitative estimate of drug-likeness (QED) is 0.0179. The van der Waals surface area contributed by atoms with Gasteiger partial charge in [0.05, 0.1) is 32.0 Å². The van der Waals surface area contributed by atoms with Crippen LogP contribution in [0.3, 0.4) is 0 Å². The minimum atomic E-state index is -4.64. The number of aliphatic hydroxyl groups is 2. The predicted molar refractivity (Wildman–Crippen MR) is 223 cm³/mol. The fourth-order valence-electron chi connectivity index (χ4n) is 5.64. The first-order chi connectivity index (χ1) is 27.2. The van der Waals surface area contributed by atoms with Gasteiger partial charge in [0.25, 0.3) is 0 Å². The highest BCUT2D eigenvalue weighted by Gasteiger charge is 2.36. The van der Waals surface area contributed by atoms with Crippen molar-refractivity contribution >= 4 is 19.8 Å². The van der Waals surface area contributed by atoms with Gasteiger partial charge in [-0.15, -0.1) is 0 Å². The fourth-order valence-corrected chi connectivity index (χ4v) is 6.43. The normalized spacial score (nSPS) is 18.1. The molecule has 0 amide bonds. The summed E-state index contributed by atoms with van der Waals surface area (Å²) in [5, 5.41) is 18.3. The first-order valence-corrected chi connectivity index (χ1v) is 22.9. The van der Waals surface area contributed by atoms with Crippen LogP contribution >= 0.6 is 7.82 Å². The molecule has 1 rings (SSSR count). The van der Waals surface area contributed by atoms with Crippen LogP contribution in [0, 0.1) is 0 Å². The van der Waals surface area contributed by atoms with E-state index in [0.717, 1.165) is 64.2 Å². The Balaban J connectivity index is 2.31. The lowest BCUT2D eigenvalue weighted by Crippen LogP contribution is -2.29. The van der Waals surface area contributed by atoms with E-state index in [1.807, 2.05) is 12.2 Å². The Kier molecular flexibility index (Phi) is 33.0. The van der Waals surface area contributed by atoms with E-state index in [1.165, 1.54) is 44.9 Å². The number of carbonyl (C=O) groups excluding carboxylic acids is 2. The number of carbonyl (C=O) groups is 2. The van der Waals surface area contributed by atoms with Crippen molar-refractivity contribution in [1.29, 1.82) is 0 Å². The molecule has 1 aliphatic heterocycles. The first-order valence-electron chi connectivity index (χ1n) is 21.4. The van der Waals surface area contributed by atoms with Crippen molar-refractivity contribution in [3.05, 3.63) is 60.8 Å². The van der Waals surface area contributed by atoms with Crippen LogP contribution in [0.2, 0.25) is 0 Å². The number of phosphoric ester groups is 1.